The summed E-state index contributed by atoms with van der Waals surface area (Å²) in [5, 5.41) is 12.8. The van der Waals surface area contributed by atoms with Crippen LogP contribution in [0.5, 0.6) is 5.75 Å². The number of rotatable bonds is 11. The van der Waals surface area contributed by atoms with Gasteiger partial charge in [-0.25, -0.2) is 8.42 Å². The van der Waals surface area contributed by atoms with Gasteiger partial charge in [0.1, 0.15) is 6.10 Å². The van der Waals surface area contributed by atoms with Crippen LogP contribution < -0.4 is 20.5 Å². The van der Waals surface area contributed by atoms with Crippen molar-refractivity contribution >= 4 is 38.9 Å². The van der Waals surface area contributed by atoms with Crippen molar-refractivity contribution in [2.75, 3.05) is 42.5 Å². The number of nitrogens with two attached hydrogens (primary N) is 1. The number of hydrogen-bond donors (Lipinski definition) is 4. The Morgan fingerprint density at radius 1 is 1.00 bits per heavy atom. The summed E-state index contributed by atoms with van der Waals surface area (Å²) in [5.41, 5.74) is 8.80. The van der Waals surface area contributed by atoms with Gasteiger partial charge in [-0.05, 0) is 68.1 Å². The predicted molar refractivity (Wildman–Crippen MR) is 186 cm³/mol. The van der Waals surface area contributed by atoms with Crippen LogP contribution in [-0.4, -0.2) is 74.0 Å². The minimum atomic E-state index is -3.98. The molecule has 1 aliphatic rings. The fraction of sp³-hybridized carbons (Fsp3) is 0.278. The summed E-state index contributed by atoms with van der Waals surface area (Å²) in [4.78, 5) is 30.4. The van der Waals surface area contributed by atoms with Gasteiger partial charge in [-0.2, -0.15) is 0 Å². The molecule has 0 radical (unpaired) electrons. The fourth-order valence-electron chi connectivity index (χ4n) is 5.60. The third kappa shape index (κ3) is 7.96. The van der Waals surface area contributed by atoms with Crippen molar-refractivity contribution in [1.29, 1.82) is 0 Å². The molecule has 0 spiro atoms. The molecule has 5 N–H and O–H groups in total. The SMILES string of the molecule is C[C@@H]1CN([C@H](C)CO)C(=O)c2cccc(NS(=O)(=O)c3ccccc3)c2O[C@@H]1CN(C)Cc1ccc(C(=O)Nc2ccccc2N)cc1. The summed E-state index contributed by atoms with van der Waals surface area (Å²) in [7, 11) is -2.04. The van der Waals surface area contributed by atoms with Crippen LogP contribution in [0.3, 0.4) is 0 Å². The monoisotopic (exact) mass is 671 g/mol. The molecule has 1 aliphatic heterocycles. The molecule has 0 saturated heterocycles. The lowest BCUT2D eigenvalue weighted by atomic mass is 9.99. The molecule has 0 unspecified atom stereocenters. The van der Waals surface area contributed by atoms with Crippen LogP contribution in [-0.2, 0) is 16.6 Å². The molecule has 0 aliphatic carbocycles. The number of nitrogen functional groups attached to an aromatic ring is 1. The number of likely N-dealkylation sites (N-methyl/N-ethyl adjacent to an activating group) is 1. The van der Waals surface area contributed by atoms with Crippen molar-refractivity contribution < 1.29 is 27.9 Å². The van der Waals surface area contributed by atoms with Gasteiger partial charge in [-0.1, -0.05) is 55.5 Å². The van der Waals surface area contributed by atoms with Gasteiger partial charge >= 0.3 is 0 Å². The molecule has 2 amide bonds. The lowest BCUT2D eigenvalue weighted by molar-refractivity contribution is 0.0344. The van der Waals surface area contributed by atoms with Crippen molar-refractivity contribution in [3.05, 3.63) is 114 Å². The molecule has 5 rings (SSSR count). The number of aliphatic hydroxyl groups excluding tert-OH is 1. The Labute approximate surface area is 281 Å². The van der Waals surface area contributed by atoms with E-state index in [9.17, 15) is 23.1 Å². The highest BCUT2D eigenvalue weighted by atomic mass is 32.2. The molecule has 3 atom stereocenters. The van der Waals surface area contributed by atoms with Gasteiger partial charge in [0.25, 0.3) is 21.8 Å². The molecular weight excluding hydrogens is 630 g/mol. The molecule has 48 heavy (non-hydrogen) atoms. The summed E-state index contributed by atoms with van der Waals surface area (Å²) >= 11 is 0. The van der Waals surface area contributed by atoms with Crippen molar-refractivity contribution in [3.63, 3.8) is 0 Å². The minimum Gasteiger partial charge on any atom is -0.486 e. The average Bonchev–Trinajstić information content (AvgIpc) is 3.08. The highest BCUT2D eigenvalue weighted by Gasteiger charge is 2.35. The van der Waals surface area contributed by atoms with E-state index in [2.05, 4.69) is 14.9 Å². The number of carbonyl (C=O) groups is 2. The summed E-state index contributed by atoms with van der Waals surface area (Å²) < 4.78 is 35.8. The molecule has 1 heterocycles. The number of sulfonamides is 1. The number of nitrogens with one attached hydrogen (secondary N) is 2. The highest BCUT2D eigenvalue weighted by molar-refractivity contribution is 7.92. The number of aliphatic hydroxyl groups is 1. The molecule has 11 nitrogen and oxygen atoms in total. The maximum Gasteiger partial charge on any atom is 0.262 e. The predicted octanol–water partition coefficient (Wildman–Crippen LogP) is 4.67. The molecule has 0 aromatic heterocycles. The van der Waals surface area contributed by atoms with E-state index >= 15 is 0 Å². The zero-order chi connectivity index (χ0) is 34.4. The van der Waals surface area contributed by atoms with E-state index in [1.54, 1.807) is 84.6 Å². The van der Waals surface area contributed by atoms with E-state index in [0.29, 0.717) is 36.6 Å². The van der Waals surface area contributed by atoms with Crippen molar-refractivity contribution in [3.8, 4) is 5.75 Å². The summed E-state index contributed by atoms with van der Waals surface area (Å²) in [6.07, 6.45) is -0.459. The van der Waals surface area contributed by atoms with Gasteiger partial charge in [0.05, 0.1) is 40.2 Å². The van der Waals surface area contributed by atoms with Gasteiger partial charge in [0.15, 0.2) is 5.75 Å². The second-order valence-electron chi connectivity index (χ2n) is 12.2. The topological polar surface area (TPSA) is 154 Å². The lowest BCUT2D eigenvalue weighted by Crippen LogP contribution is -2.49. The number of para-hydroxylation sites is 3. The van der Waals surface area contributed by atoms with E-state index in [4.69, 9.17) is 10.5 Å². The van der Waals surface area contributed by atoms with E-state index in [1.165, 1.54) is 12.1 Å². The van der Waals surface area contributed by atoms with Crippen molar-refractivity contribution in [1.82, 2.24) is 9.80 Å². The standard InChI is InChI=1S/C36H41N5O6S/c1-24-20-41(25(2)23-42)36(44)29-12-9-15-32(39-48(45,46)28-10-5-4-6-11-28)34(29)47-33(24)22-40(3)21-26-16-18-27(19-17-26)35(43)38-31-14-8-7-13-30(31)37/h4-19,24-25,33,39,42H,20-23,37H2,1-3H3,(H,38,43)/t24-,25-,33-/m1/s1. The summed E-state index contributed by atoms with van der Waals surface area (Å²) in [6.45, 7) is 4.81. The van der Waals surface area contributed by atoms with Gasteiger partial charge in [0.2, 0.25) is 0 Å². The number of hydrogen-bond acceptors (Lipinski definition) is 8. The maximum atomic E-state index is 13.8. The van der Waals surface area contributed by atoms with Crippen molar-refractivity contribution in [2.45, 2.75) is 37.4 Å². The van der Waals surface area contributed by atoms with E-state index in [0.717, 1.165) is 5.56 Å². The summed E-state index contributed by atoms with van der Waals surface area (Å²) in [6, 6.07) is 26.7. The number of benzene rings is 4. The van der Waals surface area contributed by atoms with Crippen LogP contribution in [0, 0.1) is 5.92 Å². The number of nitrogens with zero attached hydrogens (tertiary/aromatic N) is 2. The van der Waals surface area contributed by atoms with E-state index in [1.807, 2.05) is 26.1 Å². The number of carbonyl (C=O) groups excluding carboxylic acids is 2. The first kappa shape index (κ1) is 34.4. The van der Waals surface area contributed by atoms with Crippen LogP contribution in [0.1, 0.15) is 40.1 Å². The Morgan fingerprint density at radius 3 is 2.35 bits per heavy atom. The summed E-state index contributed by atoms with van der Waals surface area (Å²) in [5.74, 6) is -0.673. The Hall–Kier alpha value is -4.91. The Morgan fingerprint density at radius 2 is 1.67 bits per heavy atom. The molecule has 4 aromatic carbocycles. The zero-order valence-electron chi connectivity index (χ0n) is 27.2. The third-order valence-corrected chi connectivity index (χ3v) is 9.74. The first-order valence-corrected chi connectivity index (χ1v) is 17.2. The second-order valence-corrected chi connectivity index (χ2v) is 13.8. The molecular formula is C36H41N5O6S. The molecule has 0 bridgehead atoms. The van der Waals surface area contributed by atoms with Gasteiger partial charge in [-0.3, -0.25) is 19.2 Å². The van der Waals surface area contributed by atoms with Gasteiger partial charge in [-0.15, -0.1) is 0 Å². The van der Waals surface area contributed by atoms with Gasteiger partial charge in [0, 0.05) is 31.1 Å². The Balaban J connectivity index is 1.37. The second kappa shape index (κ2) is 14.9. The van der Waals surface area contributed by atoms with Crippen LogP contribution >= 0.6 is 0 Å². The zero-order valence-corrected chi connectivity index (χ0v) is 28.0. The fourth-order valence-corrected chi connectivity index (χ4v) is 6.68. The maximum absolute atomic E-state index is 13.8. The number of fused-ring (bicyclic) bond motifs is 1. The van der Waals surface area contributed by atoms with Crippen LogP contribution in [0.15, 0.2) is 102 Å². The molecule has 12 heteroatoms. The number of ether oxygens (including phenoxy) is 1. The number of amides is 2. The molecule has 252 valence electrons. The molecule has 4 aromatic rings. The highest BCUT2D eigenvalue weighted by Crippen LogP contribution is 2.36. The third-order valence-electron chi connectivity index (χ3n) is 8.36. The van der Waals surface area contributed by atoms with Crippen LogP contribution in [0.25, 0.3) is 0 Å². The normalized spacial score (nSPS) is 17.1. The molecule has 0 saturated carbocycles. The Bertz CT molecular complexity index is 1850. The largest absolute Gasteiger partial charge is 0.486 e. The average molecular weight is 672 g/mol. The van der Waals surface area contributed by atoms with Gasteiger partial charge < -0.3 is 25.8 Å². The first-order chi connectivity index (χ1) is 23.0. The van der Waals surface area contributed by atoms with Crippen molar-refractivity contribution in [2.24, 2.45) is 5.92 Å². The minimum absolute atomic E-state index is 0.0765. The van der Waals surface area contributed by atoms with E-state index < -0.39 is 22.2 Å². The quantitative estimate of drug-likeness (QED) is 0.168. The Kier molecular flexibility index (Phi) is 10.7. The van der Waals surface area contributed by atoms with Crippen LogP contribution in [0.2, 0.25) is 0 Å². The first-order valence-electron chi connectivity index (χ1n) is 15.7. The van der Waals surface area contributed by atoms with E-state index in [-0.39, 0.29) is 46.2 Å². The number of anilines is 3. The lowest BCUT2D eigenvalue weighted by Gasteiger charge is -2.38. The smallest absolute Gasteiger partial charge is 0.262 e. The molecule has 0 fully saturated rings. The van der Waals surface area contributed by atoms with Crippen LogP contribution in [0.4, 0.5) is 17.1 Å².